The van der Waals surface area contributed by atoms with Crippen molar-refractivity contribution < 1.29 is 4.79 Å². The largest absolute Gasteiger partial charge is 0.361 e. The number of amides is 1. The molecule has 1 aliphatic carbocycles. The first-order valence-corrected chi connectivity index (χ1v) is 8.58. The Morgan fingerprint density at radius 1 is 1.13 bits per heavy atom. The van der Waals surface area contributed by atoms with Crippen molar-refractivity contribution in [3.8, 4) is 0 Å². The Morgan fingerprint density at radius 3 is 2.65 bits per heavy atom. The second-order valence-corrected chi connectivity index (χ2v) is 7.05. The number of nitrogens with one attached hydrogen (secondary N) is 2. The Hall–Kier alpha value is -2.07. The molecule has 1 amide bonds. The van der Waals surface area contributed by atoms with Crippen molar-refractivity contribution >= 4 is 32.7 Å². The minimum Gasteiger partial charge on any atom is -0.361 e. The number of halogens is 1. The molecule has 0 radical (unpaired) electrons. The van der Waals surface area contributed by atoms with E-state index in [1.807, 2.05) is 30.3 Å². The Kier molecular flexibility index (Phi) is 3.49. The van der Waals surface area contributed by atoms with Crippen molar-refractivity contribution in [1.82, 2.24) is 10.3 Å². The van der Waals surface area contributed by atoms with Crippen LogP contribution in [-0.2, 0) is 5.41 Å². The van der Waals surface area contributed by atoms with E-state index in [9.17, 15) is 4.79 Å². The highest BCUT2D eigenvalue weighted by molar-refractivity contribution is 9.10. The second kappa shape index (κ2) is 5.53. The Balaban J connectivity index is 1.55. The van der Waals surface area contributed by atoms with Gasteiger partial charge in [0, 0.05) is 33.5 Å². The molecular weight excluding hydrogens is 352 g/mol. The smallest absolute Gasteiger partial charge is 0.252 e. The number of carbonyl (C=O) groups excluding carboxylic acids is 1. The van der Waals surface area contributed by atoms with Crippen LogP contribution in [0, 0.1) is 0 Å². The summed E-state index contributed by atoms with van der Waals surface area (Å²) in [5.41, 5.74) is 3.24. The van der Waals surface area contributed by atoms with Crippen molar-refractivity contribution in [3.05, 3.63) is 70.3 Å². The van der Waals surface area contributed by atoms with Gasteiger partial charge in [0.05, 0.1) is 5.56 Å². The Bertz CT molecular complexity index is 880. The third kappa shape index (κ3) is 2.57. The van der Waals surface area contributed by atoms with E-state index in [0.717, 1.165) is 22.8 Å². The number of rotatable bonds is 4. The molecule has 2 aromatic carbocycles. The van der Waals surface area contributed by atoms with Crippen molar-refractivity contribution in [1.29, 1.82) is 0 Å². The van der Waals surface area contributed by atoms with Gasteiger partial charge in [-0.1, -0.05) is 30.3 Å². The van der Waals surface area contributed by atoms with E-state index in [1.54, 1.807) is 0 Å². The minimum absolute atomic E-state index is 0.0245. The maximum atomic E-state index is 12.4. The maximum absolute atomic E-state index is 12.4. The lowest BCUT2D eigenvalue weighted by molar-refractivity contribution is 0.0949. The highest BCUT2D eigenvalue weighted by Gasteiger charge is 2.45. The summed E-state index contributed by atoms with van der Waals surface area (Å²) < 4.78 is 0.828. The fourth-order valence-electron chi connectivity index (χ4n) is 3.19. The van der Waals surface area contributed by atoms with Crippen LogP contribution in [0.4, 0.5) is 0 Å². The van der Waals surface area contributed by atoms with Crippen LogP contribution in [0.2, 0.25) is 0 Å². The van der Waals surface area contributed by atoms with Gasteiger partial charge in [-0.3, -0.25) is 4.79 Å². The third-order valence-electron chi connectivity index (χ3n) is 4.72. The molecule has 116 valence electrons. The average molecular weight is 369 g/mol. The molecule has 4 rings (SSSR count). The summed E-state index contributed by atoms with van der Waals surface area (Å²) in [4.78, 5) is 15.8. The number of hydrogen-bond acceptors (Lipinski definition) is 1. The highest BCUT2D eigenvalue weighted by atomic mass is 79.9. The number of benzene rings is 2. The first-order chi connectivity index (χ1) is 11.2. The van der Waals surface area contributed by atoms with E-state index < -0.39 is 0 Å². The first-order valence-electron chi connectivity index (χ1n) is 7.79. The van der Waals surface area contributed by atoms with Gasteiger partial charge in [0.2, 0.25) is 0 Å². The van der Waals surface area contributed by atoms with Gasteiger partial charge in [-0.05, 0) is 52.5 Å². The maximum Gasteiger partial charge on any atom is 0.252 e. The van der Waals surface area contributed by atoms with Crippen molar-refractivity contribution in [2.45, 2.75) is 18.3 Å². The zero-order valence-electron chi connectivity index (χ0n) is 12.6. The second-order valence-electron chi connectivity index (χ2n) is 6.19. The Morgan fingerprint density at radius 2 is 1.87 bits per heavy atom. The van der Waals surface area contributed by atoms with Crippen LogP contribution < -0.4 is 5.32 Å². The molecule has 0 unspecified atom stereocenters. The van der Waals surface area contributed by atoms with Crippen molar-refractivity contribution in [2.75, 3.05) is 6.54 Å². The number of H-pyrrole nitrogens is 1. The molecule has 3 aromatic rings. The molecule has 4 heteroatoms. The lowest BCUT2D eigenvalue weighted by Crippen LogP contribution is -2.32. The minimum atomic E-state index is -0.0245. The fourth-order valence-corrected chi connectivity index (χ4v) is 3.66. The van der Waals surface area contributed by atoms with Gasteiger partial charge < -0.3 is 10.3 Å². The average Bonchev–Trinajstić information content (AvgIpc) is 3.23. The number of fused-ring (bicyclic) bond motifs is 1. The fraction of sp³-hybridized carbons (Fsp3) is 0.211. The number of aromatic amines is 1. The molecule has 0 atom stereocenters. The van der Waals surface area contributed by atoms with Crippen molar-refractivity contribution in [2.24, 2.45) is 0 Å². The molecule has 1 fully saturated rings. The van der Waals surface area contributed by atoms with Crippen LogP contribution in [0.3, 0.4) is 0 Å². The van der Waals surface area contributed by atoms with Crippen LogP contribution in [0.25, 0.3) is 10.9 Å². The molecule has 23 heavy (non-hydrogen) atoms. The van der Waals surface area contributed by atoms with Crippen LogP contribution in [-0.4, -0.2) is 17.4 Å². The van der Waals surface area contributed by atoms with Crippen molar-refractivity contribution in [3.63, 3.8) is 0 Å². The lowest BCUT2D eigenvalue weighted by Gasteiger charge is -2.16. The van der Waals surface area contributed by atoms with Gasteiger partial charge in [0.1, 0.15) is 0 Å². The van der Waals surface area contributed by atoms with E-state index in [2.05, 4.69) is 50.6 Å². The Labute approximate surface area is 143 Å². The molecule has 1 aliphatic rings. The summed E-state index contributed by atoms with van der Waals surface area (Å²) >= 11 is 3.44. The van der Waals surface area contributed by atoms with Crippen LogP contribution in [0.5, 0.6) is 0 Å². The number of aromatic nitrogens is 1. The summed E-state index contributed by atoms with van der Waals surface area (Å²) in [5.74, 6) is -0.0245. The zero-order chi connectivity index (χ0) is 15.9. The molecular formula is C19H17BrN2O. The summed E-state index contributed by atoms with van der Waals surface area (Å²) in [7, 11) is 0. The van der Waals surface area contributed by atoms with Crippen LogP contribution >= 0.6 is 15.9 Å². The molecule has 1 saturated carbocycles. The zero-order valence-corrected chi connectivity index (χ0v) is 14.2. The molecule has 1 heterocycles. The predicted molar refractivity (Wildman–Crippen MR) is 95.7 cm³/mol. The third-order valence-corrected chi connectivity index (χ3v) is 5.41. The lowest BCUT2D eigenvalue weighted by atomic mass is 9.95. The highest BCUT2D eigenvalue weighted by Crippen LogP contribution is 2.49. The molecule has 2 N–H and O–H groups in total. The van der Waals surface area contributed by atoms with E-state index in [-0.39, 0.29) is 11.3 Å². The van der Waals surface area contributed by atoms with E-state index >= 15 is 0 Å². The van der Waals surface area contributed by atoms with Crippen LogP contribution in [0.1, 0.15) is 28.8 Å². The van der Waals surface area contributed by atoms with E-state index in [4.69, 9.17) is 0 Å². The van der Waals surface area contributed by atoms with Gasteiger partial charge in [0.15, 0.2) is 0 Å². The summed E-state index contributed by atoms with van der Waals surface area (Å²) in [6.07, 6.45) is 4.33. The number of hydrogen-bond donors (Lipinski definition) is 2. The molecule has 0 spiro atoms. The molecule has 3 nitrogen and oxygen atoms in total. The summed E-state index contributed by atoms with van der Waals surface area (Å²) in [6, 6.07) is 15.9. The number of carbonyl (C=O) groups is 1. The first kappa shape index (κ1) is 14.5. The van der Waals surface area contributed by atoms with E-state index in [0.29, 0.717) is 12.1 Å². The summed E-state index contributed by atoms with van der Waals surface area (Å²) in [5, 5.41) is 4.38. The topological polar surface area (TPSA) is 44.9 Å². The molecule has 1 aromatic heterocycles. The quantitative estimate of drug-likeness (QED) is 0.704. The number of para-hydroxylation sites is 1. The summed E-state index contributed by atoms with van der Waals surface area (Å²) in [6.45, 7) is 0.676. The normalized spacial score (nSPS) is 15.5. The molecule has 0 saturated heterocycles. The van der Waals surface area contributed by atoms with Crippen LogP contribution in [0.15, 0.2) is 59.2 Å². The SMILES string of the molecule is O=C(NCC1(c2c[nH]c3ccccc23)CC1)c1ccccc1Br. The monoisotopic (exact) mass is 368 g/mol. The van der Waals surface area contributed by atoms with Gasteiger partial charge in [-0.15, -0.1) is 0 Å². The molecule has 0 bridgehead atoms. The predicted octanol–water partition coefficient (Wildman–Crippen LogP) is 4.39. The van der Waals surface area contributed by atoms with Gasteiger partial charge in [-0.25, -0.2) is 0 Å². The van der Waals surface area contributed by atoms with Gasteiger partial charge in [-0.2, -0.15) is 0 Å². The van der Waals surface area contributed by atoms with E-state index in [1.165, 1.54) is 10.9 Å². The molecule has 0 aliphatic heterocycles. The standard InChI is InChI=1S/C19H17BrN2O/c20-16-7-3-1-6-14(16)18(23)22-12-19(9-10-19)15-11-21-17-8-4-2-5-13(15)17/h1-8,11,21H,9-10,12H2,(H,22,23). The van der Waals surface area contributed by atoms with Gasteiger partial charge >= 0.3 is 0 Å². The van der Waals surface area contributed by atoms with Gasteiger partial charge in [0.25, 0.3) is 5.91 Å².